The number of aliphatic hydroxyl groups excluding tert-OH is 1. The lowest BCUT2D eigenvalue weighted by Crippen LogP contribution is -2.59. The summed E-state index contributed by atoms with van der Waals surface area (Å²) in [6, 6.07) is 11.8. The number of hydrogen-bond donors (Lipinski definition) is 2. The highest BCUT2D eigenvalue weighted by atomic mass is 79.9. The average molecular weight is 725 g/mol. The Kier molecular flexibility index (Phi) is 11.1. The largest absolute Gasteiger partial charge is 0.460 e. The van der Waals surface area contributed by atoms with Crippen LogP contribution in [0.2, 0.25) is 0 Å². The molecule has 3 saturated heterocycles. The van der Waals surface area contributed by atoms with Gasteiger partial charge in [-0.25, -0.2) is 0 Å². The van der Waals surface area contributed by atoms with Crippen molar-refractivity contribution >= 4 is 56.1 Å². The summed E-state index contributed by atoms with van der Waals surface area (Å²) >= 11 is 3.71. The van der Waals surface area contributed by atoms with Crippen molar-refractivity contribution in [3.8, 4) is 0 Å². The van der Waals surface area contributed by atoms with Crippen LogP contribution in [0.4, 0.5) is 5.69 Å². The molecule has 2 N–H and O–H groups in total. The molecule has 11 heteroatoms. The van der Waals surface area contributed by atoms with Gasteiger partial charge in [-0.05, 0) is 55.0 Å². The molecule has 3 fully saturated rings. The number of carbonyl (C=O) groups excluding carboxylic acids is 4. The molecule has 8 atom stereocenters. The van der Waals surface area contributed by atoms with Crippen LogP contribution in [0.1, 0.15) is 46.5 Å². The molecule has 3 amide bonds. The van der Waals surface area contributed by atoms with E-state index in [0.29, 0.717) is 24.9 Å². The summed E-state index contributed by atoms with van der Waals surface area (Å²) in [5.41, 5.74) is -0.697. The number of amides is 3. The molecule has 3 aliphatic rings. The second-order valence-electron chi connectivity index (χ2n) is 13.5. The zero-order valence-electron chi connectivity index (χ0n) is 27.8. The number of carbonyl (C=O) groups is 4. The Hall–Kier alpha value is -3.54. The number of likely N-dealkylation sites (tertiary alicyclic amines) is 1. The van der Waals surface area contributed by atoms with Gasteiger partial charge in [0.25, 0.3) is 5.91 Å². The van der Waals surface area contributed by atoms with Crippen molar-refractivity contribution < 1.29 is 33.8 Å². The number of nitrogens with zero attached hydrogens (tertiary/aromatic N) is 2. The van der Waals surface area contributed by atoms with Gasteiger partial charge in [0, 0.05) is 23.5 Å². The Labute approximate surface area is 290 Å². The number of rotatable bonds is 15. The molecule has 2 aromatic rings. The highest BCUT2D eigenvalue weighted by Crippen LogP contribution is 2.61. The van der Waals surface area contributed by atoms with Crippen molar-refractivity contribution in [2.24, 2.45) is 17.8 Å². The van der Waals surface area contributed by atoms with Crippen LogP contribution in [0.25, 0.3) is 10.8 Å². The summed E-state index contributed by atoms with van der Waals surface area (Å²) in [6.07, 6.45) is 3.51. The Balaban J connectivity index is 1.50. The first-order valence-corrected chi connectivity index (χ1v) is 17.6. The quantitative estimate of drug-likeness (QED) is 0.157. The van der Waals surface area contributed by atoms with Gasteiger partial charge in [-0.3, -0.25) is 19.2 Å². The molecule has 2 bridgehead atoms. The Morgan fingerprint density at radius 1 is 1.17 bits per heavy atom. The maximum absolute atomic E-state index is 15.0. The molecule has 1 unspecified atom stereocenters. The molecule has 1 spiro atoms. The van der Waals surface area contributed by atoms with Crippen molar-refractivity contribution in [3.63, 3.8) is 0 Å². The van der Waals surface area contributed by atoms with Crippen LogP contribution in [0.15, 0.2) is 67.8 Å². The van der Waals surface area contributed by atoms with Crippen LogP contribution in [-0.2, 0) is 28.7 Å². The van der Waals surface area contributed by atoms with Gasteiger partial charge >= 0.3 is 5.97 Å². The van der Waals surface area contributed by atoms with Crippen molar-refractivity contribution in [2.45, 2.75) is 81.2 Å². The molecule has 0 aliphatic carbocycles. The lowest BCUT2D eigenvalue weighted by molar-refractivity contribution is -0.159. The van der Waals surface area contributed by atoms with Gasteiger partial charge in [-0.15, -0.1) is 13.2 Å². The van der Waals surface area contributed by atoms with E-state index in [4.69, 9.17) is 9.47 Å². The summed E-state index contributed by atoms with van der Waals surface area (Å²) in [4.78, 5) is 58.4. The van der Waals surface area contributed by atoms with Crippen molar-refractivity contribution in [2.75, 3.05) is 24.6 Å². The van der Waals surface area contributed by atoms with E-state index in [1.54, 1.807) is 24.0 Å². The van der Waals surface area contributed by atoms with Crippen LogP contribution in [0.3, 0.4) is 0 Å². The lowest BCUT2D eigenvalue weighted by Gasteiger charge is -2.39. The smallest absolute Gasteiger partial charge is 0.312 e. The number of halogens is 1. The molecule has 5 rings (SSSR count). The predicted molar refractivity (Wildman–Crippen MR) is 187 cm³/mol. The summed E-state index contributed by atoms with van der Waals surface area (Å²) in [5, 5.41) is 15.4. The third-order valence-electron chi connectivity index (χ3n) is 9.68. The summed E-state index contributed by atoms with van der Waals surface area (Å²) in [7, 11) is 0. The number of allylic oxidation sites excluding steroid dienone is 1. The van der Waals surface area contributed by atoms with Crippen molar-refractivity contribution in [3.05, 3.63) is 67.8 Å². The standard InChI is InChI=1S/C37H46BrN3O7/c1-6-8-13-29(43)39-20-23(5)47-36(46)30-31-34(44)41(27(21-42)17-22(3)4)33(37(31)19-28(38)32(30)48-37)35(45)40(16-7-2)26-15-14-24-11-9-10-12-25(24)18-26/h6-7,9-12,14-15,18,22-23,27-28,30-33,42H,1-2,8,13,16-17,19-21H2,3-5H3,(H,39,43)/t23-,27+,28?,30+,31-,32+,33+,37-/m0/s1. The summed E-state index contributed by atoms with van der Waals surface area (Å²) in [5.74, 6) is -3.44. The van der Waals surface area contributed by atoms with Gasteiger partial charge in [0.05, 0.1) is 37.1 Å². The Morgan fingerprint density at radius 2 is 1.90 bits per heavy atom. The molecule has 48 heavy (non-hydrogen) atoms. The topological polar surface area (TPSA) is 125 Å². The third-order valence-corrected chi connectivity index (χ3v) is 10.5. The fraction of sp³-hybridized carbons (Fsp3) is 0.514. The molecule has 3 aliphatic heterocycles. The van der Waals surface area contributed by atoms with Crippen LogP contribution in [0.5, 0.6) is 0 Å². The highest BCUT2D eigenvalue weighted by molar-refractivity contribution is 9.09. The van der Waals surface area contributed by atoms with E-state index in [-0.39, 0.29) is 48.7 Å². The van der Waals surface area contributed by atoms with Gasteiger partial charge in [0.15, 0.2) is 0 Å². The van der Waals surface area contributed by atoms with Gasteiger partial charge < -0.3 is 29.7 Å². The van der Waals surface area contributed by atoms with Crippen LogP contribution in [0, 0.1) is 17.8 Å². The number of benzene rings is 2. The number of aliphatic hydroxyl groups is 1. The molecule has 10 nitrogen and oxygen atoms in total. The number of hydrogen-bond acceptors (Lipinski definition) is 7. The van der Waals surface area contributed by atoms with E-state index >= 15 is 0 Å². The predicted octanol–water partition coefficient (Wildman–Crippen LogP) is 4.53. The molecule has 0 aromatic heterocycles. The minimum atomic E-state index is -1.33. The number of nitrogens with one attached hydrogen (secondary N) is 1. The first kappa shape index (κ1) is 35.8. The number of alkyl halides is 1. The van der Waals surface area contributed by atoms with Gasteiger partial charge in [-0.1, -0.05) is 72.3 Å². The van der Waals surface area contributed by atoms with E-state index in [0.717, 1.165) is 10.8 Å². The monoisotopic (exact) mass is 723 g/mol. The fourth-order valence-corrected chi connectivity index (χ4v) is 8.61. The van der Waals surface area contributed by atoms with E-state index in [9.17, 15) is 24.3 Å². The van der Waals surface area contributed by atoms with Crippen LogP contribution >= 0.6 is 15.9 Å². The number of anilines is 1. The molecule has 3 heterocycles. The van der Waals surface area contributed by atoms with Crippen molar-refractivity contribution in [1.82, 2.24) is 10.2 Å². The Morgan fingerprint density at radius 3 is 2.56 bits per heavy atom. The third kappa shape index (κ3) is 6.69. The second-order valence-corrected chi connectivity index (χ2v) is 14.7. The molecule has 0 radical (unpaired) electrons. The summed E-state index contributed by atoms with van der Waals surface area (Å²) in [6.45, 7) is 13.1. The molecule has 0 saturated carbocycles. The van der Waals surface area contributed by atoms with Gasteiger partial charge in [-0.2, -0.15) is 0 Å². The molecule has 258 valence electrons. The minimum absolute atomic E-state index is 0.109. The molecule has 2 aromatic carbocycles. The van der Waals surface area contributed by atoms with E-state index in [2.05, 4.69) is 34.4 Å². The van der Waals surface area contributed by atoms with Crippen LogP contribution < -0.4 is 10.2 Å². The number of fused-ring (bicyclic) bond motifs is 2. The zero-order chi connectivity index (χ0) is 34.7. The fourth-order valence-electron chi connectivity index (χ4n) is 7.67. The van der Waals surface area contributed by atoms with E-state index in [1.807, 2.05) is 56.3 Å². The second kappa shape index (κ2) is 14.9. The van der Waals surface area contributed by atoms with Crippen molar-refractivity contribution in [1.29, 1.82) is 0 Å². The highest BCUT2D eigenvalue weighted by Gasteiger charge is 2.77. The summed E-state index contributed by atoms with van der Waals surface area (Å²) < 4.78 is 12.5. The normalized spacial score (nSPS) is 27.1. The number of ether oxygens (including phenoxy) is 2. The maximum atomic E-state index is 15.0. The SMILES string of the molecule is C=CCCC(=O)NC[C@H](C)OC(=O)[C@H]1[C@@H]2O[C@@]3(CC2Br)[C@@H]1C(=O)N([C@@H](CO)CC(C)C)[C@@H]3C(=O)N(CC=C)c1ccc2ccccc2c1. The molecular formula is C37H46BrN3O7. The number of esters is 1. The Bertz CT molecular complexity index is 1560. The van der Waals surface area contributed by atoms with Gasteiger partial charge in [0.1, 0.15) is 17.7 Å². The van der Waals surface area contributed by atoms with Gasteiger partial charge in [0.2, 0.25) is 11.8 Å². The minimum Gasteiger partial charge on any atom is -0.460 e. The maximum Gasteiger partial charge on any atom is 0.312 e. The van der Waals surface area contributed by atoms with E-state index in [1.165, 1.54) is 4.90 Å². The molecular weight excluding hydrogens is 678 g/mol. The zero-order valence-corrected chi connectivity index (χ0v) is 29.4. The van der Waals surface area contributed by atoms with E-state index < -0.39 is 53.6 Å². The first-order chi connectivity index (χ1) is 23.0. The van der Waals surface area contributed by atoms with Crippen LogP contribution in [-0.4, -0.2) is 88.1 Å². The lowest BCUT2D eigenvalue weighted by atomic mass is 9.70. The first-order valence-electron chi connectivity index (χ1n) is 16.7. The average Bonchev–Trinajstić information content (AvgIpc) is 3.66.